The van der Waals surface area contributed by atoms with Crippen molar-refractivity contribution in [1.29, 1.82) is 0 Å². The minimum atomic E-state index is 0.411. The lowest BCUT2D eigenvalue weighted by molar-refractivity contribution is 0.194. The van der Waals surface area contributed by atoms with Crippen molar-refractivity contribution in [1.82, 2.24) is 19.7 Å². The summed E-state index contributed by atoms with van der Waals surface area (Å²) in [4.78, 5) is 2.50. The van der Waals surface area contributed by atoms with E-state index in [9.17, 15) is 0 Å². The number of piperidine rings is 1. The maximum atomic E-state index is 5.72. The van der Waals surface area contributed by atoms with Crippen LogP contribution in [0.25, 0.3) is 0 Å². The molecule has 2 aromatic rings. The average molecular weight is 403 g/mol. The van der Waals surface area contributed by atoms with E-state index >= 15 is 0 Å². The summed E-state index contributed by atoms with van der Waals surface area (Å²) in [7, 11) is 3.74. The van der Waals surface area contributed by atoms with Gasteiger partial charge in [0.15, 0.2) is 16.7 Å². The number of aromatic nitrogens is 3. The predicted octanol–water partition coefficient (Wildman–Crippen LogP) is 3.88. The summed E-state index contributed by atoms with van der Waals surface area (Å²) in [5.41, 5.74) is 1.24. The monoisotopic (exact) mass is 402 g/mol. The van der Waals surface area contributed by atoms with Crippen LogP contribution >= 0.6 is 11.8 Å². The van der Waals surface area contributed by atoms with E-state index in [-0.39, 0.29) is 0 Å². The molecule has 6 nitrogen and oxygen atoms in total. The Morgan fingerprint density at radius 2 is 2.18 bits per heavy atom. The molecule has 0 N–H and O–H groups in total. The van der Waals surface area contributed by atoms with Gasteiger partial charge in [-0.1, -0.05) is 23.9 Å². The highest BCUT2D eigenvalue weighted by atomic mass is 32.2. The molecule has 0 spiro atoms. The van der Waals surface area contributed by atoms with Crippen LogP contribution in [0.15, 0.2) is 36.0 Å². The van der Waals surface area contributed by atoms with E-state index in [1.165, 1.54) is 12.0 Å². The standard InChI is InChI=1S/C21H30N4O2S/c1-5-12-28-21-23-22-20(24(21)3)17-8-7-11-25(15-17)14-16-9-10-18(26-4)19(13-16)27-6-2/h5,9-10,13,17H,1,6-8,11-12,14-15H2,2-4H3. The maximum Gasteiger partial charge on any atom is 0.191 e. The Kier molecular flexibility index (Phi) is 7.39. The quantitative estimate of drug-likeness (QED) is 0.469. The van der Waals surface area contributed by atoms with E-state index in [0.29, 0.717) is 12.5 Å². The molecule has 3 rings (SSSR count). The van der Waals surface area contributed by atoms with E-state index in [1.807, 2.05) is 19.1 Å². The zero-order valence-electron chi connectivity index (χ0n) is 17.1. The second-order valence-corrected chi connectivity index (χ2v) is 7.98. The van der Waals surface area contributed by atoms with Gasteiger partial charge < -0.3 is 14.0 Å². The average Bonchev–Trinajstić information content (AvgIpc) is 3.07. The summed E-state index contributed by atoms with van der Waals surface area (Å²) < 4.78 is 13.3. The Bertz CT molecular complexity index is 793. The van der Waals surface area contributed by atoms with Gasteiger partial charge in [-0.3, -0.25) is 4.90 Å². The minimum absolute atomic E-state index is 0.411. The fourth-order valence-electron chi connectivity index (χ4n) is 3.70. The highest BCUT2D eigenvalue weighted by molar-refractivity contribution is 7.99. The van der Waals surface area contributed by atoms with E-state index in [1.54, 1.807) is 18.9 Å². The van der Waals surface area contributed by atoms with Crippen LogP contribution in [-0.4, -0.2) is 52.2 Å². The predicted molar refractivity (Wildman–Crippen MR) is 113 cm³/mol. The van der Waals surface area contributed by atoms with Crippen molar-refractivity contribution in [2.24, 2.45) is 7.05 Å². The normalized spacial score (nSPS) is 17.5. The Balaban J connectivity index is 1.68. The number of likely N-dealkylation sites (tertiary alicyclic amines) is 1. The first kappa shape index (κ1) is 20.7. The fourth-order valence-corrected chi connectivity index (χ4v) is 4.35. The minimum Gasteiger partial charge on any atom is -0.493 e. The van der Waals surface area contributed by atoms with Crippen molar-refractivity contribution in [2.45, 2.75) is 37.4 Å². The number of nitrogens with zero attached hydrogens (tertiary/aromatic N) is 4. The first-order valence-corrected chi connectivity index (χ1v) is 10.8. The van der Waals surface area contributed by atoms with Crippen LogP contribution < -0.4 is 9.47 Å². The Hall–Kier alpha value is -1.99. The lowest BCUT2D eigenvalue weighted by atomic mass is 9.96. The lowest BCUT2D eigenvalue weighted by Crippen LogP contribution is -2.34. The molecule has 1 aromatic carbocycles. The summed E-state index contributed by atoms with van der Waals surface area (Å²) >= 11 is 1.68. The number of thioether (sulfide) groups is 1. The molecule has 0 radical (unpaired) electrons. The van der Waals surface area contributed by atoms with Crippen LogP contribution in [-0.2, 0) is 13.6 Å². The van der Waals surface area contributed by atoms with Crippen molar-refractivity contribution in [3.8, 4) is 11.5 Å². The molecule has 28 heavy (non-hydrogen) atoms. The van der Waals surface area contributed by atoms with Crippen LogP contribution in [0.4, 0.5) is 0 Å². The van der Waals surface area contributed by atoms with Crippen molar-refractivity contribution in [3.05, 3.63) is 42.2 Å². The number of rotatable bonds is 9. The SMILES string of the molecule is C=CCSc1nnc(C2CCCN(Cc3ccc(OC)c(OCC)c3)C2)n1C. The second kappa shape index (κ2) is 9.98. The molecule has 0 amide bonds. The molecule has 2 heterocycles. The van der Waals surface area contributed by atoms with Crippen LogP contribution in [0.1, 0.15) is 37.1 Å². The molecule has 1 aromatic heterocycles. The molecule has 0 aliphatic carbocycles. The topological polar surface area (TPSA) is 52.4 Å². The summed E-state index contributed by atoms with van der Waals surface area (Å²) in [6.45, 7) is 9.39. The van der Waals surface area contributed by atoms with Gasteiger partial charge in [0.2, 0.25) is 0 Å². The highest BCUT2D eigenvalue weighted by Gasteiger charge is 2.26. The van der Waals surface area contributed by atoms with E-state index in [2.05, 4.69) is 45.4 Å². The molecule has 7 heteroatoms. The summed E-state index contributed by atoms with van der Waals surface area (Å²) in [5, 5.41) is 9.82. The largest absolute Gasteiger partial charge is 0.493 e. The number of hydrogen-bond donors (Lipinski definition) is 0. The van der Waals surface area contributed by atoms with Crippen LogP contribution in [0.2, 0.25) is 0 Å². The Labute approximate surface area is 171 Å². The molecular formula is C21H30N4O2S. The van der Waals surface area contributed by atoms with Crippen molar-refractivity contribution in [3.63, 3.8) is 0 Å². The molecule has 152 valence electrons. The van der Waals surface area contributed by atoms with Gasteiger partial charge in [0.1, 0.15) is 5.82 Å². The van der Waals surface area contributed by atoms with Crippen LogP contribution in [0.5, 0.6) is 11.5 Å². The smallest absolute Gasteiger partial charge is 0.191 e. The molecule has 1 fully saturated rings. The molecular weight excluding hydrogens is 372 g/mol. The van der Waals surface area contributed by atoms with Crippen molar-refractivity contribution < 1.29 is 9.47 Å². The number of hydrogen-bond acceptors (Lipinski definition) is 6. The number of methoxy groups -OCH3 is 1. The van der Waals surface area contributed by atoms with Gasteiger partial charge in [-0.15, -0.1) is 16.8 Å². The van der Waals surface area contributed by atoms with Gasteiger partial charge >= 0.3 is 0 Å². The second-order valence-electron chi connectivity index (χ2n) is 6.99. The van der Waals surface area contributed by atoms with E-state index in [4.69, 9.17) is 9.47 Å². The third-order valence-electron chi connectivity index (χ3n) is 5.00. The molecule has 1 atom stereocenters. The highest BCUT2D eigenvalue weighted by Crippen LogP contribution is 2.31. The molecule has 1 saturated heterocycles. The zero-order valence-corrected chi connectivity index (χ0v) is 17.9. The first-order valence-electron chi connectivity index (χ1n) is 9.81. The van der Waals surface area contributed by atoms with Crippen LogP contribution in [0, 0.1) is 0 Å². The molecule has 0 bridgehead atoms. The summed E-state index contributed by atoms with van der Waals surface area (Å²) in [6, 6.07) is 6.21. The molecule has 0 saturated carbocycles. The number of ether oxygens (including phenoxy) is 2. The summed E-state index contributed by atoms with van der Waals surface area (Å²) in [5.74, 6) is 3.94. The molecule has 1 unspecified atom stereocenters. The number of benzene rings is 1. The van der Waals surface area contributed by atoms with Gasteiger partial charge in [-0.05, 0) is 44.0 Å². The van der Waals surface area contributed by atoms with Gasteiger partial charge in [0, 0.05) is 31.8 Å². The third kappa shape index (κ3) is 4.89. The lowest BCUT2D eigenvalue weighted by Gasteiger charge is -2.32. The molecule has 1 aliphatic heterocycles. The van der Waals surface area contributed by atoms with Gasteiger partial charge in [0.25, 0.3) is 0 Å². The van der Waals surface area contributed by atoms with Gasteiger partial charge in [-0.2, -0.15) is 0 Å². The van der Waals surface area contributed by atoms with Crippen molar-refractivity contribution >= 4 is 11.8 Å². The zero-order chi connectivity index (χ0) is 19.9. The molecule has 1 aliphatic rings. The summed E-state index contributed by atoms with van der Waals surface area (Å²) in [6.07, 6.45) is 4.22. The van der Waals surface area contributed by atoms with Gasteiger partial charge in [0.05, 0.1) is 13.7 Å². The Morgan fingerprint density at radius 3 is 2.93 bits per heavy atom. The van der Waals surface area contributed by atoms with Crippen molar-refractivity contribution in [2.75, 3.05) is 32.6 Å². The van der Waals surface area contributed by atoms with Crippen LogP contribution in [0.3, 0.4) is 0 Å². The first-order chi connectivity index (χ1) is 13.7. The maximum absolute atomic E-state index is 5.72. The van der Waals surface area contributed by atoms with E-state index in [0.717, 1.165) is 54.3 Å². The fraction of sp³-hybridized carbons (Fsp3) is 0.524. The van der Waals surface area contributed by atoms with Gasteiger partial charge in [-0.25, -0.2) is 0 Å². The van der Waals surface area contributed by atoms with E-state index < -0.39 is 0 Å². The Morgan fingerprint density at radius 1 is 1.32 bits per heavy atom. The third-order valence-corrected chi connectivity index (χ3v) is 6.02.